The Hall–Kier alpha value is -0.670. The molecule has 1 aromatic rings. The van der Waals surface area contributed by atoms with Crippen LogP contribution in [0.4, 0.5) is 0 Å². The molecule has 1 saturated carbocycles. The number of ether oxygens (including phenoxy) is 1. The van der Waals surface area contributed by atoms with Crippen molar-refractivity contribution in [2.45, 2.75) is 45.7 Å². The zero-order valence-electron chi connectivity index (χ0n) is 12.1. The maximum atomic E-state index is 6.01. The number of aryl methyl sites for hydroxylation is 1. The minimum Gasteiger partial charge on any atom is -0.493 e. The molecule has 0 saturated heterocycles. The van der Waals surface area contributed by atoms with Crippen molar-refractivity contribution in [3.05, 3.63) is 29.3 Å². The molecule has 1 N–H and O–H groups in total. The van der Waals surface area contributed by atoms with Crippen LogP contribution in [-0.2, 0) is 6.54 Å². The highest BCUT2D eigenvalue weighted by atomic mass is 32.2. The van der Waals surface area contributed by atoms with Crippen LogP contribution in [0.5, 0.6) is 5.75 Å². The molecule has 19 heavy (non-hydrogen) atoms. The van der Waals surface area contributed by atoms with Gasteiger partial charge in [-0.2, -0.15) is 11.8 Å². The van der Waals surface area contributed by atoms with Crippen molar-refractivity contribution in [1.29, 1.82) is 0 Å². The fourth-order valence-corrected chi connectivity index (χ4v) is 2.69. The standard InChI is InChI=1S/C16H25NOS/c1-3-19-11-5-10-18-16-13(2)6-4-7-14(16)12-17-15-8-9-15/h4,6-7,15,17H,3,5,8-12H2,1-2H3. The van der Waals surface area contributed by atoms with E-state index in [1.165, 1.54) is 35.5 Å². The van der Waals surface area contributed by atoms with Gasteiger partial charge in [0.05, 0.1) is 6.61 Å². The molecule has 0 amide bonds. The van der Waals surface area contributed by atoms with Crippen LogP contribution in [0.3, 0.4) is 0 Å². The fourth-order valence-electron chi connectivity index (χ4n) is 2.08. The Bertz CT molecular complexity index is 390. The molecule has 1 aromatic carbocycles. The van der Waals surface area contributed by atoms with Gasteiger partial charge >= 0.3 is 0 Å². The molecule has 0 bridgehead atoms. The maximum Gasteiger partial charge on any atom is 0.126 e. The summed E-state index contributed by atoms with van der Waals surface area (Å²) in [6.45, 7) is 6.10. The number of thioether (sulfide) groups is 1. The van der Waals surface area contributed by atoms with Gasteiger partial charge in [0, 0.05) is 18.2 Å². The highest BCUT2D eigenvalue weighted by Crippen LogP contribution is 2.25. The predicted octanol–water partition coefficient (Wildman–Crippen LogP) is 3.77. The Morgan fingerprint density at radius 1 is 1.37 bits per heavy atom. The van der Waals surface area contributed by atoms with E-state index in [4.69, 9.17) is 4.74 Å². The van der Waals surface area contributed by atoms with Gasteiger partial charge in [-0.3, -0.25) is 0 Å². The summed E-state index contributed by atoms with van der Waals surface area (Å²) in [6.07, 6.45) is 3.79. The first-order valence-electron chi connectivity index (χ1n) is 7.33. The van der Waals surface area contributed by atoms with Gasteiger partial charge in [0.25, 0.3) is 0 Å². The molecule has 3 heteroatoms. The molecule has 0 heterocycles. The zero-order valence-corrected chi connectivity index (χ0v) is 12.9. The van der Waals surface area contributed by atoms with Crippen LogP contribution < -0.4 is 10.1 Å². The third-order valence-electron chi connectivity index (χ3n) is 3.34. The molecule has 0 aromatic heterocycles. The van der Waals surface area contributed by atoms with Gasteiger partial charge in [-0.15, -0.1) is 0 Å². The lowest BCUT2D eigenvalue weighted by atomic mass is 10.1. The van der Waals surface area contributed by atoms with Crippen LogP contribution in [0.2, 0.25) is 0 Å². The van der Waals surface area contributed by atoms with Gasteiger partial charge in [-0.1, -0.05) is 25.1 Å². The van der Waals surface area contributed by atoms with Gasteiger partial charge in [0.1, 0.15) is 5.75 Å². The molecule has 1 aliphatic rings. The molecule has 0 radical (unpaired) electrons. The van der Waals surface area contributed by atoms with Crippen LogP contribution in [0.15, 0.2) is 18.2 Å². The number of hydrogen-bond donors (Lipinski definition) is 1. The summed E-state index contributed by atoms with van der Waals surface area (Å²) < 4.78 is 6.01. The second-order valence-corrected chi connectivity index (χ2v) is 6.51. The molecule has 1 fully saturated rings. The van der Waals surface area contributed by atoms with Crippen molar-refractivity contribution in [2.24, 2.45) is 0 Å². The zero-order chi connectivity index (χ0) is 13.5. The molecule has 0 aliphatic heterocycles. The first-order chi connectivity index (χ1) is 9.31. The van der Waals surface area contributed by atoms with E-state index in [0.717, 1.165) is 31.4 Å². The van der Waals surface area contributed by atoms with E-state index in [-0.39, 0.29) is 0 Å². The Balaban J connectivity index is 1.84. The van der Waals surface area contributed by atoms with Crippen molar-refractivity contribution in [1.82, 2.24) is 5.32 Å². The third-order valence-corrected chi connectivity index (χ3v) is 4.32. The number of nitrogens with one attached hydrogen (secondary N) is 1. The first-order valence-corrected chi connectivity index (χ1v) is 8.49. The van der Waals surface area contributed by atoms with Crippen molar-refractivity contribution >= 4 is 11.8 Å². The third kappa shape index (κ3) is 5.07. The Labute approximate surface area is 121 Å². The van der Waals surface area contributed by atoms with Gasteiger partial charge in [0.15, 0.2) is 0 Å². The molecule has 1 aliphatic carbocycles. The van der Waals surface area contributed by atoms with Crippen LogP contribution in [0.1, 0.15) is 37.3 Å². The largest absolute Gasteiger partial charge is 0.493 e. The lowest BCUT2D eigenvalue weighted by Crippen LogP contribution is -2.16. The summed E-state index contributed by atoms with van der Waals surface area (Å²) in [5.41, 5.74) is 2.55. The molecule has 2 nitrogen and oxygen atoms in total. The number of para-hydroxylation sites is 1. The van der Waals surface area contributed by atoms with E-state index in [1.807, 2.05) is 11.8 Å². The number of rotatable bonds is 9. The normalized spacial score (nSPS) is 14.6. The summed E-state index contributed by atoms with van der Waals surface area (Å²) in [5, 5.41) is 3.57. The quantitative estimate of drug-likeness (QED) is 0.695. The minimum atomic E-state index is 0.745. The maximum absolute atomic E-state index is 6.01. The van der Waals surface area contributed by atoms with E-state index in [1.54, 1.807) is 0 Å². The topological polar surface area (TPSA) is 21.3 Å². The van der Waals surface area contributed by atoms with Crippen molar-refractivity contribution in [3.8, 4) is 5.75 Å². The minimum absolute atomic E-state index is 0.745. The smallest absolute Gasteiger partial charge is 0.126 e. The van der Waals surface area contributed by atoms with Crippen molar-refractivity contribution in [3.63, 3.8) is 0 Å². The van der Waals surface area contributed by atoms with E-state index < -0.39 is 0 Å². The van der Waals surface area contributed by atoms with Crippen LogP contribution >= 0.6 is 11.8 Å². The van der Waals surface area contributed by atoms with E-state index in [9.17, 15) is 0 Å². The van der Waals surface area contributed by atoms with Crippen molar-refractivity contribution < 1.29 is 4.74 Å². The summed E-state index contributed by atoms with van der Waals surface area (Å²) >= 11 is 1.98. The highest BCUT2D eigenvalue weighted by molar-refractivity contribution is 7.99. The van der Waals surface area contributed by atoms with Gasteiger partial charge in [0.2, 0.25) is 0 Å². The summed E-state index contributed by atoms with van der Waals surface area (Å²) in [5.74, 6) is 3.48. The highest BCUT2D eigenvalue weighted by Gasteiger charge is 2.20. The van der Waals surface area contributed by atoms with E-state index in [2.05, 4.69) is 37.4 Å². The second-order valence-electron chi connectivity index (χ2n) is 5.12. The molecule has 106 valence electrons. The average molecular weight is 279 g/mol. The monoisotopic (exact) mass is 279 g/mol. The molecular formula is C16H25NOS. The lowest BCUT2D eigenvalue weighted by Gasteiger charge is -2.14. The summed E-state index contributed by atoms with van der Waals surface area (Å²) in [4.78, 5) is 0. The van der Waals surface area contributed by atoms with Gasteiger partial charge < -0.3 is 10.1 Å². The average Bonchev–Trinajstić information content (AvgIpc) is 3.22. The van der Waals surface area contributed by atoms with E-state index >= 15 is 0 Å². The Morgan fingerprint density at radius 2 is 2.21 bits per heavy atom. The second kappa shape index (κ2) is 7.81. The molecule has 0 spiro atoms. The first kappa shape index (κ1) is 14.7. The fraction of sp³-hybridized carbons (Fsp3) is 0.625. The number of benzene rings is 1. The molecular weight excluding hydrogens is 254 g/mol. The Kier molecular flexibility index (Phi) is 6.05. The Morgan fingerprint density at radius 3 is 2.95 bits per heavy atom. The summed E-state index contributed by atoms with van der Waals surface area (Å²) in [7, 11) is 0. The summed E-state index contributed by atoms with van der Waals surface area (Å²) in [6, 6.07) is 7.18. The van der Waals surface area contributed by atoms with Gasteiger partial charge in [-0.25, -0.2) is 0 Å². The van der Waals surface area contributed by atoms with Crippen molar-refractivity contribution in [2.75, 3.05) is 18.1 Å². The number of hydrogen-bond acceptors (Lipinski definition) is 3. The van der Waals surface area contributed by atoms with Gasteiger partial charge in [-0.05, 0) is 43.3 Å². The molecule has 2 rings (SSSR count). The van der Waals surface area contributed by atoms with Crippen LogP contribution in [0.25, 0.3) is 0 Å². The molecule has 0 unspecified atom stereocenters. The van der Waals surface area contributed by atoms with Crippen LogP contribution in [0, 0.1) is 6.92 Å². The van der Waals surface area contributed by atoms with E-state index in [0.29, 0.717) is 0 Å². The molecule has 0 atom stereocenters. The SMILES string of the molecule is CCSCCCOc1c(C)cccc1CNC1CC1. The lowest BCUT2D eigenvalue weighted by molar-refractivity contribution is 0.312. The predicted molar refractivity (Wildman–Crippen MR) is 84.2 cm³/mol. The van der Waals surface area contributed by atoms with Crippen LogP contribution in [-0.4, -0.2) is 24.2 Å².